The maximum Gasteiger partial charge on any atom is 0.258 e. The molecule has 0 aliphatic heterocycles. The van der Waals surface area contributed by atoms with Crippen molar-refractivity contribution in [1.82, 2.24) is 24.1 Å². The SMILES string of the molecule is CCCCCCn1c(SCc2cc(=O)n3cc(C)ccc3n2)nnc1-c1ccc(Cl)cc1. The first-order valence-electron chi connectivity index (χ1n) is 10.9. The highest BCUT2D eigenvalue weighted by Crippen LogP contribution is 2.27. The Morgan fingerprint density at radius 2 is 1.84 bits per heavy atom. The normalized spacial score (nSPS) is 11.3. The summed E-state index contributed by atoms with van der Waals surface area (Å²) in [4.78, 5) is 17.2. The van der Waals surface area contributed by atoms with E-state index in [1.807, 2.05) is 49.5 Å². The minimum absolute atomic E-state index is 0.0721. The van der Waals surface area contributed by atoms with Gasteiger partial charge in [-0.3, -0.25) is 9.20 Å². The van der Waals surface area contributed by atoms with Crippen molar-refractivity contribution < 1.29 is 0 Å². The summed E-state index contributed by atoms with van der Waals surface area (Å²) in [5, 5.41) is 10.5. The molecule has 8 heteroatoms. The Bertz CT molecular complexity index is 1270. The van der Waals surface area contributed by atoms with Gasteiger partial charge in [-0.15, -0.1) is 10.2 Å². The van der Waals surface area contributed by atoms with Gasteiger partial charge in [0.05, 0.1) is 5.69 Å². The number of aromatic nitrogens is 5. The molecule has 0 aliphatic carbocycles. The highest BCUT2D eigenvalue weighted by molar-refractivity contribution is 7.98. The quantitative estimate of drug-likeness (QED) is 0.230. The lowest BCUT2D eigenvalue weighted by Gasteiger charge is -2.10. The van der Waals surface area contributed by atoms with Crippen LogP contribution in [0.4, 0.5) is 0 Å². The zero-order valence-corrected chi connectivity index (χ0v) is 19.9. The van der Waals surface area contributed by atoms with E-state index in [1.165, 1.54) is 19.3 Å². The number of fused-ring (bicyclic) bond motifs is 1. The number of aryl methyl sites for hydroxylation is 1. The Kier molecular flexibility index (Phi) is 7.27. The van der Waals surface area contributed by atoms with Crippen LogP contribution in [-0.4, -0.2) is 24.1 Å². The fourth-order valence-electron chi connectivity index (χ4n) is 3.58. The molecule has 0 aliphatic rings. The molecule has 0 saturated heterocycles. The van der Waals surface area contributed by atoms with E-state index >= 15 is 0 Å². The van der Waals surface area contributed by atoms with Gasteiger partial charge in [0.1, 0.15) is 5.65 Å². The van der Waals surface area contributed by atoms with Crippen molar-refractivity contribution in [3.63, 3.8) is 0 Å². The van der Waals surface area contributed by atoms with E-state index < -0.39 is 0 Å². The van der Waals surface area contributed by atoms with E-state index in [0.717, 1.165) is 40.8 Å². The van der Waals surface area contributed by atoms with Gasteiger partial charge in [-0.1, -0.05) is 55.6 Å². The number of benzene rings is 1. The molecule has 3 aromatic heterocycles. The molecule has 166 valence electrons. The van der Waals surface area contributed by atoms with Crippen molar-refractivity contribution in [2.75, 3.05) is 0 Å². The summed E-state index contributed by atoms with van der Waals surface area (Å²) >= 11 is 7.62. The van der Waals surface area contributed by atoms with Gasteiger partial charge in [0.15, 0.2) is 11.0 Å². The molecule has 4 rings (SSSR count). The first kappa shape index (κ1) is 22.6. The lowest BCUT2D eigenvalue weighted by Crippen LogP contribution is -2.15. The van der Waals surface area contributed by atoms with Gasteiger partial charge in [-0.05, 0) is 49.2 Å². The fourth-order valence-corrected chi connectivity index (χ4v) is 4.56. The zero-order chi connectivity index (χ0) is 22.5. The second-order valence-corrected chi connectivity index (χ2v) is 9.21. The number of rotatable bonds is 9. The third kappa shape index (κ3) is 5.22. The molecule has 3 heterocycles. The lowest BCUT2D eigenvalue weighted by atomic mass is 10.2. The van der Waals surface area contributed by atoms with Crippen LogP contribution in [0.5, 0.6) is 0 Å². The van der Waals surface area contributed by atoms with Crippen LogP contribution in [0.3, 0.4) is 0 Å². The Labute approximate surface area is 196 Å². The van der Waals surface area contributed by atoms with E-state index in [4.69, 9.17) is 11.6 Å². The minimum atomic E-state index is -0.0721. The second-order valence-electron chi connectivity index (χ2n) is 7.83. The van der Waals surface area contributed by atoms with Crippen LogP contribution in [0.25, 0.3) is 17.0 Å². The molecule has 0 unspecified atom stereocenters. The van der Waals surface area contributed by atoms with Crippen LogP contribution in [0, 0.1) is 6.92 Å². The Morgan fingerprint density at radius 1 is 1.03 bits per heavy atom. The average molecular weight is 468 g/mol. The average Bonchev–Trinajstić information content (AvgIpc) is 3.19. The monoisotopic (exact) mass is 467 g/mol. The van der Waals surface area contributed by atoms with E-state index in [2.05, 4.69) is 26.7 Å². The van der Waals surface area contributed by atoms with E-state index in [0.29, 0.717) is 16.4 Å². The molecule has 0 saturated carbocycles. The van der Waals surface area contributed by atoms with Gasteiger partial charge < -0.3 is 4.57 Å². The van der Waals surface area contributed by atoms with E-state index in [-0.39, 0.29) is 5.56 Å². The first-order chi connectivity index (χ1) is 15.5. The Hall–Kier alpha value is -2.64. The second kappa shape index (κ2) is 10.3. The molecule has 0 atom stereocenters. The molecule has 32 heavy (non-hydrogen) atoms. The van der Waals surface area contributed by atoms with Crippen molar-refractivity contribution in [2.45, 2.75) is 57.0 Å². The zero-order valence-electron chi connectivity index (χ0n) is 18.3. The van der Waals surface area contributed by atoms with E-state index in [9.17, 15) is 4.79 Å². The van der Waals surface area contributed by atoms with Crippen LogP contribution in [0.1, 0.15) is 43.9 Å². The number of unbranched alkanes of at least 4 members (excludes halogenated alkanes) is 3. The van der Waals surface area contributed by atoms with Crippen LogP contribution in [0.2, 0.25) is 5.02 Å². The van der Waals surface area contributed by atoms with Gasteiger partial charge in [0.25, 0.3) is 5.56 Å². The number of halogens is 1. The van der Waals surface area contributed by atoms with Crippen molar-refractivity contribution in [1.29, 1.82) is 0 Å². The summed E-state index contributed by atoms with van der Waals surface area (Å²) in [6.07, 6.45) is 6.45. The van der Waals surface area contributed by atoms with Gasteiger partial charge >= 0.3 is 0 Å². The van der Waals surface area contributed by atoms with Crippen LogP contribution in [0.15, 0.2) is 58.6 Å². The topological polar surface area (TPSA) is 65.1 Å². The van der Waals surface area contributed by atoms with Crippen LogP contribution < -0.4 is 5.56 Å². The molecule has 0 bridgehead atoms. The minimum Gasteiger partial charge on any atom is -0.302 e. The van der Waals surface area contributed by atoms with E-state index in [1.54, 1.807) is 22.2 Å². The smallest absolute Gasteiger partial charge is 0.258 e. The molecule has 0 N–H and O–H groups in total. The van der Waals surface area contributed by atoms with Gasteiger partial charge in [-0.2, -0.15) is 0 Å². The van der Waals surface area contributed by atoms with Gasteiger partial charge in [0, 0.05) is 35.1 Å². The largest absolute Gasteiger partial charge is 0.302 e. The van der Waals surface area contributed by atoms with Crippen LogP contribution in [-0.2, 0) is 12.3 Å². The third-order valence-corrected chi connectivity index (χ3v) is 6.52. The number of nitrogens with zero attached hydrogens (tertiary/aromatic N) is 5. The summed E-state index contributed by atoms with van der Waals surface area (Å²) in [5.41, 5.74) is 3.33. The molecule has 0 fully saturated rings. The number of hydrogen-bond donors (Lipinski definition) is 0. The Balaban J connectivity index is 1.58. The third-order valence-electron chi connectivity index (χ3n) is 5.26. The maximum atomic E-state index is 12.5. The molecule has 0 radical (unpaired) electrons. The highest BCUT2D eigenvalue weighted by atomic mass is 35.5. The molecular weight excluding hydrogens is 442 g/mol. The number of thioether (sulfide) groups is 1. The standard InChI is InChI=1S/C24H26ClN5OS/c1-3-4-5-6-13-29-23(18-8-10-19(25)11-9-18)27-28-24(29)32-16-20-14-22(31)30-15-17(2)7-12-21(30)26-20/h7-12,14-15H,3-6,13,16H2,1-2H3. The first-order valence-corrected chi connectivity index (χ1v) is 12.2. The van der Waals surface area contributed by atoms with Crippen molar-refractivity contribution >= 4 is 29.0 Å². The summed E-state index contributed by atoms with van der Waals surface area (Å²) in [7, 11) is 0. The summed E-state index contributed by atoms with van der Waals surface area (Å²) in [5.74, 6) is 1.38. The predicted octanol–water partition coefficient (Wildman–Crippen LogP) is 5.79. The Morgan fingerprint density at radius 3 is 2.62 bits per heavy atom. The summed E-state index contributed by atoms with van der Waals surface area (Å²) in [6.45, 7) is 5.02. The van der Waals surface area contributed by atoms with Crippen molar-refractivity contribution in [3.8, 4) is 11.4 Å². The fraction of sp³-hybridized carbons (Fsp3) is 0.333. The lowest BCUT2D eigenvalue weighted by molar-refractivity contribution is 0.556. The highest BCUT2D eigenvalue weighted by Gasteiger charge is 2.15. The summed E-state index contributed by atoms with van der Waals surface area (Å²) < 4.78 is 3.75. The maximum absolute atomic E-state index is 12.5. The van der Waals surface area contributed by atoms with Crippen molar-refractivity contribution in [2.24, 2.45) is 0 Å². The van der Waals surface area contributed by atoms with Gasteiger partial charge in [-0.25, -0.2) is 4.98 Å². The van der Waals surface area contributed by atoms with Crippen LogP contribution >= 0.6 is 23.4 Å². The number of hydrogen-bond acceptors (Lipinski definition) is 5. The van der Waals surface area contributed by atoms with Gasteiger partial charge in [0.2, 0.25) is 0 Å². The molecule has 0 spiro atoms. The molecular formula is C24H26ClN5OS. The number of pyridine rings is 1. The molecule has 0 amide bonds. The molecule has 4 aromatic rings. The molecule has 1 aromatic carbocycles. The predicted molar refractivity (Wildman–Crippen MR) is 130 cm³/mol. The van der Waals surface area contributed by atoms with Crippen molar-refractivity contribution in [3.05, 3.63) is 75.3 Å². The molecule has 6 nitrogen and oxygen atoms in total. The summed E-state index contributed by atoms with van der Waals surface area (Å²) in [6, 6.07) is 13.1.